The van der Waals surface area contributed by atoms with Crippen LogP contribution in [0.25, 0.3) is 0 Å². The number of unbranched alkanes of at least 4 members (excludes halogenated alkanes) is 2. The first-order chi connectivity index (χ1) is 15.7. The van der Waals surface area contributed by atoms with Crippen LogP contribution in [0.2, 0.25) is 10.0 Å². The van der Waals surface area contributed by atoms with Crippen LogP contribution in [-0.2, 0) is 4.79 Å². The number of allylic oxidation sites excluding steroid dienone is 1. The van der Waals surface area contributed by atoms with E-state index in [0.717, 1.165) is 62.3 Å². The van der Waals surface area contributed by atoms with Crippen molar-refractivity contribution in [2.45, 2.75) is 56.8 Å². The van der Waals surface area contributed by atoms with Crippen LogP contribution >= 0.6 is 35.0 Å². The minimum atomic E-state index is -0.729. The van der Waals surface area contributed by atoms with Crippen LogP contribution in [-0.4, -0.2) is 41.4 Å². The van der Waals surface area contributed by atoms with E-state index in [1.807, 2.05) is 25.1 Å². The topological polar surface area (TPSA) is 105 Å². The van der Waals surface area contributed by atoms with Gasteiger partial charge in [0.05, 0.1) is 10.0 Å². The van der Waals surface area contributed by atoms with Crippen molar-refractivity contribution in [2.24, 2.45) is 21.9 Å². The first-order valence-corrected chi connectivity index (χ1v) is 12.8. The fraction of sp³-hybridized carbons (Fsp3) is 0.500. The van der Waals surface area contributed by atoms with Crippen LogP contribution in [0.3, 0.4) is 0 Å². The van der Waals surface area contributed by atoms with Gasteiger partial charge in [0.25, 0.3) is 0 Å². The zero-order chi connectivity index (χ0) is 24.4. The third kappa shape index (κ3) is 8.25. The number of nitrogens with two attached hydrogens (primary N) is 2. The van der Waals surface area contributed by atoms with Gasteiger partial charge >= 0.3 is 5.97 Å². The lowest BCUT2D eigenvalue weighted by Crippen LogP contribution is -2.43. The Bertz CT molecular complexity index is 896. The molecular formula is C24H34Cl2N4O2S. The fourth-order valence-electron chi connectivity index (χ4n) is 3.97. The molecule has 0 atom stereocenters. The average Bonchev–Trinajstić information content (AvgIpc) is 2.80. The lowest BCUT2D eigenvalue weighted by molar-refractivity contribution is -0.137. The number of carbonyl (C=O) groups is 1. The Labute approximate surface area is 211 Å². The molecule has 0 amide bonds. The maximum atomic E-state index is 10.7. The summed E-state index contributed by atoms with van der Waals surface area (Å²) in [7, 11) is 0. The Morgan fingerprint density at radius 1 is 1.30 bits per heavy atom. The van der Waals surface area contributed by atoms with E-state index in [4.69, 9.17) is 39.8 Å². The van der Waals surface area contributed by atoms with Gasteiger partial charge in [-0.2, -0.15) is 0 Å². The smallest absolute Gasteiger partial charge is 0.303 e. The molecule has 1 saturated heterocycles. The number of aliphatic imine (C=N–C) groups is 1. The maximum absolute atomic E-state index is 10.7. The molecule has 0 radical (unpaired) electrons. The van der Waals surface area contributed by atoms with Crippen molar-refractivity contribution in [1.29, 1.82) is 0 Å². The molecule has 9 heteroatoms. The SMILES string of the molecule is C=C(Sc1cccc(Cl)c1Cl)/C(N)=N\C(=C/C)N1CCC(CN)(CCCCCC(=O)O)CC1. The molecule has 0 aliphatic carbocycles. The largest absolute Gasteiger partial charge is 0.481 e. The van der Waals surface area contributed by atoms with E-state index in [1.54, 1.807) is 6.07 Å². The van der Waals surface area contributed by atoms with E-state index in [2.05, 4.69) is 16.5 Å². The van der Waals surface area contributed by atoms with E-state index in [9.17, 15) is 4.79 Å². The van der Waals surface area contributed by atoms with Crippen LogP contribution in [0.15, 0.2) is 51.5 Å². The molecule has 0 aromatic heterocycles. The Kier molecular flexibility index (Phi) is 11.1. The zero-order valence-corrected chi connectivity index (χ0v) is 21.5. The number of likely N-dealkylation sites (tertiary alicyclic amines) is 1. The lowest BCUT2D eigenvalue weighted by atomic mass is 9.74. The number of amidine groups is 1. The summed E-state index contributed by atoms with van der Waals surface area (Å²) in [6, 6.07) is 5.44. The number of thioether (sulfide) groups is 1. The minimum absolute atomic E-state index is 0.108. The van der Waals surface area contributed by atoms with Gasteiger partial charge in [0.2, 0.25) is 0 Å². The predicted octanol–water partition coefficient (Wildman–Crippen LogP) is 5.89. The quantitative estimate of drug-likeness (QED) is 0.139. The summed E-state index contributed by atoms with van der Waals surface area (Å²) < 4.78 is 0. The van der Waals surface area contributed by atoms with Crippen LogP contribution in [0.4, 0.5) is 0 Å². The van der Waals surface area contributed by atoms with Gasteiger partial charge in [0, 0.05) is 29.3 Å². The van der Waals surface area contributed by atoms with Gasteiger partial charge in [-0.3, -0.25) is 4.79 Å². The number of hydrogen-bond acceptors (Lipinski definition) is 5. The van der Waals surface area contributed by atoms with Crippen molar-refractivity contribution < 1.29 is 9.90 Å². The van der Waals surface area contributed by atoms with E-state index < -0.39 is 5.97 Å². The maximum Gasteiger partial charge on any atom is 0.303 e. The number of halogens is 2. The van der Waals surface area contributed by atoms with Gasteiger partial charge in [-0.1, -0.05) is 60.5 Å². The third-order valence-corrected chi connectivity index (χ3v) is 8.05. The molecule has 1 fully saturated rings. The number of nitrogens with zero attached hydrogens (tertiary/aromatic N) is 2. The number of piperidine rings is 1. The van der Waals surface area contributed by atoms with Crippen molar-refractivity contribution >= 4 is 46.8 Å². The van der Waals surface area contributed by atoms with E-state index in [-0.39, 0.29) is 11.8 Å². The second-order valence-electron chi connectivity index (χ2n) is 8.37. The van der Waals surface area contributed by atoms with Crippen molar-refractivity contribution in [1.82, 2.24) is 4.90 Å². The summed E-state index contributed by atoms with van der Waals surface area (Å²) in [5.74, 6) is 0.434. The summed E-state index contributed by atoms with van der Waals surface area (Å²) in [6.45, 7) is 8.35. The average molecular weight is 514 g/mol. The van der Waals surface area contributed by atoms with Crippen molar-refractivity contribution in [3.8, 4) is 0 Å². The van der Waals surface area contributed by atoms with Gasteiger partial charge in [0.1, 0.15) is 11.7 Å². The second kappa shape index (κ2) is 13.3. The molecule has 6 nitrogen and oxygen atoms in total. The van der Waals surface area contributed by atoms with Crippen molar-refractivity contribution in [2.75, 3.05) is 19.6 Å². The third-order valence-electron chi connectivity index (χ3n) is 6.11. The normalized spacial score (nSPS) is 16.7. The van der Waals surface area contributed by atoms with Gasteiger partial charge in [0.15, 0.2) is 0 Å². The highest BCUT2D eigenvalue weighted by atomic mass is 35.5. The molecular weight excluding hydrogens is 479 g/mol. The van der Waals surface area contributed by atoms with Crippen LogP contribution in [0, 0.1) is 5.41 Å². The number of rotatable bonds is 12. The molecule has 2 rings (SSSR count). The molecule has 0 spiro atoms. The molecule has 1 aromatic rings. The predicted molar refractivity (Wildman–Crippen MR) is 140 cm³/mol. The van der Waals surface area contributed by atoms with Crippen LogP contribution in [0.5, 0.6) is 0 Å². The van der Waals surface area contributed by atoms with Gasteiger partial charge in [-0.05, 0) is 62.8 Å². The number of hydrogen-bond donors (Lipinski definition) is 3. The first kappa shape index (κ1) is 27.6. The molecule has 1 aliphatic rings. The number of aliphatic carboxylic acids is 1. The van der Waals surface area contributed by atoms with E-state index >= 15 is 0 Å². The van der Waals surface area contributed by atoms with Gasteiger partial charge < -0.3 is 21.5 Å². The van der Waals surface area contributed by atoms with E-state index in [0.29, 0.717) is 27.3 Å². The van der Waals surface area contributed by atoms with Crippen LogP contribution in [0.1, 0.15) is 51.9 Å². The van der Waals surface area contributed by atoms with E-state index in [1.165, 1.54) is 11.8 Å². The minimum Gasteiger partial charge on any atom is -0.481 e. The Morgan fingerprint density at radius 3 is 2.61 bits per heavy atom. The summed E-state index contributed by atoms with van der Waals surface area (Å²) in [5.41, 5.74) is 12.5. The highest BCUT2D eigenvalue weighted by molar-refractivity contribution is 8.04. The summed E-state index contributed by atoms with van der Waals surface area (Å²) in [6.07, 6.45) is 7.83. The Morgan fingerprint density at radius 2 is 2.00 bits per heavy atom. The number of benzene rings is 1. The zero-order valence-electron chi connectivity index (χ0n) is 19.2. The molecule has 0 saturated carbocycles. The fourth-order valence-corrected chi connectivity index (χ4v) is 5.20. The highest BCUT2D eigenvalue weighted by Gasteiger charge is 2.33. The number of carboxylic acid groups (broad SMARTS) is 1. The summed E-state index contributed by atoms with van der Waals surface area (Å²) in [5, 5.41) is 9.75. The molecule has 33 heavy (non-hydrogen) atoms. The molecule has 5 N–H and O–H groups in total. The summed E-state index contributed by atoms with van der Waals surface area (Å²) >= 11 is 13.7. The molecule has 1 aliphatic heterocycles. The van der Waals surface area contributed by atoms with Crippen molar-refractivity contribution in [3.63, 3.8) is 0 Å². The monoisotopic (exact) mass is 512 g/mol. The summed E-state index contributed by atoms with van der Waals surface area (Å²) in [4.78, 5) is 18.9. The first-order valence-electron chi connectivity index (χ1n) is 11.2. The van der Waals surface area contributed by atoms with Crippen molar-refractivity contribution in [3.05, 3.63) is 51.6 Å². The highest BCUT2D eigenvalue weighted by Crippen LogP contribution is 2.38. The standard InChI is InChI=1S/C24H34Cl2N4O2S/c1-3-20(29-23(28)17(2)33-19-9-7-8-18(25)22(19)26)30-14-12-24(16-27,13-15-30)11-6-4-5-10-21(31)32/h3,7-9H,2,4-6,10-16,27H2,1H3,(H2,28,29)(H,31,32)/b20-3+. The van der Waals surface area contributed by atoms with Gasteiger partial charge in [-0.25, -0.2) is 4.99 Å². The molecule has 0 bridgehead atoms. The second-order valence-corrected chi connectivity index (χ2v) is 10.3. The lowest BCUT2D eigenvalue weighted by Gasteiger charge is -2.42. The number of carboxylic acids is 1. The van der Waals surface area contributed by atoms with Gasteiger partial charge in [-0.15, -0.1) is 0 Å². The Hall–Kier alpha value is -1.67. The van der Waals surface area contributed by atoms with Crippen LogP contribution < -0.4 is 11.5 Å². The molecule has 0 unspecified atom stereocenters. The molecule has 1 heterocycles. The Balaban J connectivity index is 1.94. The molecule has 182 valence electrons. The molecule has 1 aromatic carbocycles.